The molecule has 0 aromatic rings. The molecule has 0 aromatic carbocycles. The minimum atomic E-state index is -1.67. The second-order valence-corrected chi connectivity index (χ2v) is 19.9. The first kappa shape index (κ1) is 36.7. The first-order valence-electron chi connectivity index (χ1n) is 15.1. The van der Waals surface area contributed by atoms with Gasteiger partial charge in [0.15, 0.2) is 8.32 Å². The Balaban J connectivity index is 0.000000453. The van der Waals surface area contributed by atoms with E-state index in [-0.39, 0.29) is 29.3 Å². The van der Waals surface area contributed by atoms with Gasteiger partial charge < -0.3 is 34.8 Å². The van der Waals surface area contributed by atoms with Crippen molar-refractivity contribution in [1.82, 2.24) is 20.9 Å². The molecule has 10 heteroatoms. The quantitative estimate of drug-likeness (QED) is 0.298. The van der Waals surface area contributed by atoms with Crippen LogP contribution in [0.15, 0.2) is 0 Å². The number of nitrogens with one attached hydrogen (secondary N) is 3. The van der Waals surface area contributed by atoms with E-state index in [0.29, 0.717) is 12.1 Å². The first-order valence-corrected chi connectivity index (χ1v) is 18.0. The van der Waals surface area contributed by atoms with E-state index < -0.39 is 19.5 Å². The van der Waals surface area contributed by atoms with Crippen molar-refractivity contribution in [3.05, 3.63) is 0 Å². The second-order valence-electron chi connectivity index (χ2n) is 15.0. The number of alkyl carbamates (subject to hydrolysis) is 2. The van der Waals surface area contributed by atoms with Gasteiger partial charge >= 0.3 is 12.2 Å². The summed E-state index contributed by atoms with van der Waals surface area (Å²) in [4.78, 5) is 25.7. The minimum Gasteiger partial charge on any atom is -0.444 e. The zero-order chi connectivity index (χ0) is 30.9. The van der Waals surface area contributed by atoms with Crippen LogP contribution in [0, 0.1) is 0 Å². The molecule has 0 radical (unpaired) electrons. The molecule has 0 heterocycles. The molecule has 3 N–H and O–H groups in total. The first-order chi connectivity index (χ1) is 18.1. The molecule has 2 saturated carbocycles. The molecule has 0 bridgehead atoms. The Morgan fingerprint density at radius 2 is 1.23 bits per heavy atom. The molecule has 0 spiro atoms. The highest BCUT2D eigenvalue weighted by molar-refractivity contribution is 6.74. The molecule has 2 aliphatic rings. The highest BCUT2D eigenvalue weighted by Gasteiger charge is 2.37. The van der Waals surface area contributed by atoms with Gasteiger partial charge in [0.25, 0.3) is 0 Å². The van der Waals surface area contributed by atoms with Gasteiger partial charge in [0.2, 0.25) is 0 Å². The van der Waals surface area contributed by atoms with Crippen molar-refractivity contribution in [2.24, 2.45) is 0 Å². The van der Waals surface area contributed by atoms with Gasteiger partial charge in [0.1, 0.15) is 11.2 Å². The highest BCUT2D eigenvalue weighted by Crippen LogP contribution is 2.36. The SMILES string of the molecule is CN(CCO[Si](C)(C)C(C)(C)C)[C@@H]1CC[C@H](NC(=O)OC(C)(C)C)C1.CN[C@@H]1CC[C@H](NC(=O)OC(C)(C)C)C1. The predicted molar refractivity (Wildman–Crippen MR) is 166 cm³/mol. The van der Waals surface area contributed by atoms with Gasteiger partial charge in [-0.1, -0.05) is 20.8 Å². The third kappa shape index (κ3) is 14.5. The minimum absolute atomic E-state index is 0.212. The number of rotatable bonds is 8. The lowest BCUT2D eigenvalue weighted by Gasteiger charge is -2.37. The molecular formula is C30H62N4O5Si. The van der Waals surface area contributed by atoms with Crippen LogP contribution < -0.4 is 16.0 Å². The van der Waals surface area contributed by atoms with E-state index in [4.69, 9.17) is 13.9 Å². The number of nitrogens with zero attached hydrogens (tertiary/aromatic N) is 1. The normalized spacial score (nSPS) is 23.9. The van der Waals surface area contributed by atoms with Crippen LogP contribution in [0.1, 0.15) is 101 Å². The van der Waals surface area contributed by atoms with Gasteiger partial charge in [-0.2, -0.15) is 0 Å². The Morgan fingerprint density at radius 3 is 1.65 bits per heavy atom. The molecule has 9 nitrogen and oxygen atoms in total. The van der Waals surface area contributed by atoms with Crippen molar-refractivity contribution in [2.75, 3.05) is 27.2 Å². The fraction of sp³-hybridized carbons (Fsp3) is 0.933. The van der Waals surface area contributed by atoms with Crippen molar-refractivity contribution in [3.63, 3.8) is 0 Å². The maximum Gasteiger partial charge on any atom is 0.407 e. The van der Waals surface area contributed by atoms with Gasteiger partial charge in [0.05, 0.1) is 0 Å². The summed E-state index contributed by atoms with van der Waals surface area (Å²) in [6.45, 7) is 24.4. The third-order valence-electron chi connectivity index (χ3n) is 8.02. The van der Waals surface area contributed by atoms with Crippen LogP contribution in [0.4, 0.5) is 9.59 Å². The maximum atomic E-state index is 11.9. The molecule has 0 aliphatic heterocycles. The largest absolute Gasteiger partial charge is 0.444 e. The maximum absolute atomic E-state index is 11.9. The summed E-state index contributed by atoms with van der Waals surface area (Å²) in [6.07, 6.45) is 5.65. The van der Waals surface area contributed by atoms with Crippen LogP contribution in [0.3, 0.4) is 0 Å². The summed E-state index contributed by atoms with van der Waals surface area (Å²) in [5.41, 5.74) is -0.856. The predicted octanol–water partition coefficient (Wildman–Crippen LogP) is 6.04. The number of amides is 2. The van der Waals surface area contributed by atoms with E-state index >= 15 is 0 Å². The lowest BCUT2D eigenvalue weighted by atomic mass is 10.2. The van der Waals surface area contributed by atoms with Crippen LogP contribution in [0.2, 0.25) is 18.1 Å². The number of carbonyl (C=O) groups is 2. The molecule has 2 rings (SSSR count). The van der Waals surface area contributed by atoms with Gasteiger partial charge in [-0.15, -0.1) is 0 Å². The molecule has 40 heavy (non-hydrogen) atoms. The fourth-order valence-electron chi connectivity index (χ4n) is 4.66. The van der Waals surface area contributed by atoms with Crippen LogP contribution in [-0.2, 0) is 13.9 Å². The number of hydrogen-bond acceptors (Lipinski definition) is 7. The summed E-state index contributed by atoms with van der Waals surface area (Å²) in [5.74, 6) is 0. The number of hydrogen-bond donors (Lipinski definition) is 3. The zero-order valence-electron chi connectivity index (χ0n) is 28.0. The number of ether oxygens (including phenoxy) is 2. The molecule has 2 fully saturated rings. The summed E-state index contributed by atoms with van der Waals surface area (Å²) < 4.78 is 16.8. The van der Waals surface area contributed by atoms with Crippen molar-refractivity contribution >= 4 is 20.5 Å². The monoisotopic (exact) mass is 586 g/mol. The Hall–Kier alpha value is -1.36. The second kappa shape index (κ2) is 15.2. The van der Waals surface area contributed by atoms with Gasteiger partial charge in [-0.25, -0.2) is 9.59 Å². The zero-order valence-corrected chi connectivity index (χ0v) is 29.0. The van der Waals surface area contributed by atoms with Crippen molar-refractivity contribution in [2.45, 2.75) is 154 Å². The standard InChI is InChI=1S/C19H40N2O3Si.C11H22N2O2/c1-18(2,3)24-17(22)20-15-10-11-16(14-15)21(7)12-13-23-25(8,9)19(4,5)6;1-11(2,3)15-10(14)13-9-6-5-8(7-9)12-4/h15-16H,10-14H2,1-9H3,(H,20,22);8-9,12H,5-7H2,1-4H3,(H,13,14)/t15-,16+;8-,9+/m01/s1. The Labute approximate surface area is 246 Å². The van der Waals surface area contributed by atoms with Crippen LogP contribution in [0.5, 0.6) is 0 Å². The van der Waals surface area contributed by atoms with E-state index in [1.54, 1.807) is 0 Å². The summed E-state index contributed by atoms with van der Waals surface area (Å²) in [7, 11) is 2.45. The lowest BCUT2D eigenvalue weighted by Crippen LogP contribution is -2.43. The average Bonchev–Trinajstić information content (AvgIpc) is 3.39. The molecule has 236 valence electrons. The molecule has 2 amide bonds. The third-order valence-corrected chi connectivity index (χ3v) is 12.6. The molecule has 4 atom stereocenters. The molecule has 2 aliphatic carbocycles. The Bertz CT molecular complexity index is 788. The fourth-order valence-corrected chi connectivity index (χ4v) is 5.69. The summed E-state index contributed by atoms with van der Waals surface area (Å²) >= 11 is 0. The van der Waals surface area contributed by atoms with Crippen molar-refractivity contribution in [3.8, 4) is 0 Å². The molecule has 0 aromatic heterocycles. The lowest BCUT2D eigenvalue weighted by molar-refractivity contribution is 0.0492. The van der Waals surface area contributed by atoms with Gasteiger partial charge in [-0.05, 0) is 112 Å². The van der Waals surface area contributed by atoms with Gasteiger partial charge in [-0.3, -0.25) is 0 Å². The number of likely N-dealkylation sites (N-methyl/N-ethyl adjacent to an activating group) is 1. The topological polar surface area (TPSA) is 101 Å². The highest BCUT2D eigenvalue weighted by atomic mass is 28.4. The van der Waals surface area contributed by atoms with E-state index in [1.807, 2.05) is 48.6 Å². The average molecular weight is 587 g/mol. The van der Waals surface area contributed by atoms with Crippen LogP contribution >= 0.6 is 0 Å². The molecule has 0 unspecified atom stereocenters. The van der Waals surface area contributed by atoms with E-state index in [2.05, 4.69) is 61.8 Å². The van der Waals surface area contributed by atoms with E-state index in [9.17, 15) is 9.59 Å². The van der Waals surface area contributed by atoms with Gasteiger partial charge in [0, 0.05) is 37.3 Å². The van der Waals surface area contributed by atoms with Crippen molar-refractivity contribution in [1.29, 1.82) is 0 Å². The Kier molecular flexibility index (Phi) is 13.9. The van der Waals surface area contributed by atoms with E-state index in [0.717, 1.165) is 51.7 Å². The van der Waals surface area contributed by atoms with E-state index in [1.165, 1.54) is 0 Å². The van der Waals surface area contributed by atoms with Crippen molar-refractivity contribution < 1.29 is 23.5 Å². The summed E-state index contributed by atoms with van der Waals surface area (Å²) in [6, 6.07) is 1.51. The van der Waals surface area contributed by atoms with Crippen LogP contribution in [0.25, 0.3) is 0 Å². The smallest absolute Gasteiger partial charge is 0.407 e. The Morgan fingerprint density at radius 1 is 0.775 bits per heavy atom. The molecular weight excluding hydrogens is 524 g/mol. The number of carbonyl (C=O) groups excluding carboxylic acids is 2. The van der Waals surface area contributed by atoms with Crippen LogP contribution in [-0.4, -0.2) is 88.0 Å². The summed E-state index contributed by atoms with van der Waals surface area (Å²) in [5, 5.41) is 9.38. The molecule has 0 saturated heterocycles.